The molecule has 0 unspecified atom stereocenters. The number of benzene rings is 2. The maximum atomic E-state index is 12.7. The van der Waals surface area contributed by atoms with Gasteiger partial charge in [0.2, 0.25) is 0 Å². The molecule has 8 heteroatoms. The third-order valence-electron chi connectivity index (χ3n) is 3.97. The van der Waals surface area contributed by atoms with E-state index >= 15 is 0 Å². The van der Waals surface area contributed by atoms with Crippen LogP contribution in [0, 0.1) is 10.1 Å². The van der Waals surface area contributed by atoms with Crippen molar-refractivity contribution in [2.75, 3.05) is 18.1 Å². The molecule has 2 rings (SSSR count). The van der Waals surface area contributed by atoms with Crippen molar-refractivity contribution in [3.05, 3.63) is 64.2 Å². The summed E-state index contributed by atoms with van der Waals surface area (Å²) in [4.78, 5) is 37.1. The zero-order valence-corrected chi connectivity index (χ0v) is 16.0. The number of carbonyl (C=O) groups is 2. The Kier molecular flexibility index (Phi) is 7.08. The van der Waals surface area contributed by atoms with E-state index in [0.717, 1.165) is 6.07 Å². The lowest BCUT2D eigenvalue weighted by Gasteiger charge is -2.24. The monoisotopic (exact) mass is 386 g/mol. The van der Waals surface area contributed by atoms with Crippen molar-refractivity contribution < 1.29 is 24.0 Å². The van der Waals surface area contributed by atoms with Crippen LogP contribution in [0.4, 0.5) is 11.4 Å². The Morgan fingerprint density at radius 2 is 1.82 bits per heavy atom. The molecule has 0 aliphatic heterocycles. The molecule has 0 bridgehead atoms. The fourth-order valence-corrected chi connectivity index (χ4v) is 2.64. The van der Waals surface area contributed by atoms with E-state index in [4.69, 9.17) is 9.47 Å². The molecule has 1 amide bonds. The first kappa shape index (κ1) is 20.9. The van der Waals surface area contributed by atoms with Gasteiger partial charge in [0, 0.05) is 18.3 Å². The topological polar surface area (TPSA) is 99.0 Å². The van der Waals surface area contributed by atoms with E-state index in [2.05, 4.69) is 0 Å². The Labute approximate surface area is 162 Å². The summed E-state index contributed by atoms with van der Waals surface area (Å²) in [6, 6.07) is 12.8. The van der Waals surface area contributed by atoms with Crippen LogP contribution in [0.25, 0.3) is 0 Å². The Morgan fingerprint density at radius 3 is 2.39 bits per heavy atom. The van der Waals surface area contributed by atoms with E-state index in [-0.39, 0.29) is 29.5 Å². The quantitative estimate of drug-likeness (QED) is 0.390. The van der Waals surface area contributed by atoms with Crippen LogP contribution >= 0.6 is 0 Å². The SMILES string of the molecule is CCOc1ccc(C(=O)O[C@@H](C)C(=O)N(CC)c2ccccc2)cc1[N+](=O)[O-]. The minimum absolute atomic E-state index is 0.0300. The summed E-state index contributed by atoms with van der Waals surface area (Å²) in [6.07, 6.45) is -1.06. The van der Waals surface area contributed by atoms with Gasteiger partial charge >= 0.3 is 11.7 Å². The first-order chi connectivity index (χ1) is 13.4. The summed E-state index contributed by atoms with van der Waals surface area (Å²) < 4.78 is 10.4. The third-order valence-corrected chi connectivity index (χ3v) is 3.97. The van der Waals surface area contributed by atoms with E-state index in [1.54, 1.807) is 31.2 Å². The van der Waals surface area contributed by atoms with Crippen LogP contribution in [0.1, 0.15) is 31.1 Å². The number of esters is 1. The van der Waals surface area contributed by atoms with Gasteiger partial charge in [0.05, 0.1) is 17.1 Å². The van der Waals surface area contributed by atoms with Crippen molar-refractivity contribution in [1.29, 1.82) is 0 Å². The first-order valence-electron chi connectivity index (χ1n) is 8.87. The summed E-state index contributed by atoms with van der Waals surface area (Å²) in [6.45, 7) is 5.64. The van der Waals surface area contributed by atoms with Crippen molar-refractivity contribution in [2.24, 2.45) is 0 Å². The second kappa shape index (κ2) is 9.50. The molecule has 0 saturated carbocycles. The number of para-hydroxylation sites is 1. The number of amides is 1. The van der Waals surface area contributed by atoms with E-state index in [1.807, 2.05) is 13.0 Å². The van der Waals surface area contributed by atoms with Crippen molar-refractivity contribution in [1.82, 2.24) is 0 Å². The van der Waals surface area contributed by atoms with Crippen LogP contribution in [0.3, 0.4) is 0 Å². The lowest BCUT2D eigenvalue weighted by Crippen LogP contribution is -2.40. The van der Waals surface area contributed by atoms with Gasteiger partial charge in [0.25, 0.3) is 5.91 Å². The lowest BCUT2D eigenvalue weighted by atomic mass is 10.2. The summed E-state index contributed by atoms with van der Waals surface area (Å²) in [5, 5.41) is 11.2. The second-order valence-corrected chi connectivity index (χ2v) is 5.84. The average Bonchev–Trinajstić information content (AvgIpc) is 2.69. The third kappa shape index (κ3) is 4.85. The van der Waals surface area contributed by atoms with Crippen molar-refractivity contribution in [3.63, 3.8) is 0 Å². The molecule has 0 aliphatic rings. The number of nitro groups is 1. The van der Waals surface area contributed by atoms with Gasteiger partial charge in [-0.3, -0.25) is 14.9 Å². The minimum atomic E-state index is -1.06. The number of hydrogen-bond acceptors (Lipinski definition) is 6. The number of hydrogen-bond donors (Lipinski definition) is 0. The van der Waals surface area contributed by atoms with Crippen molar-refractivity contribution in [2.45, 2.75) is 26.9 Å². The fraction of sp³-hybridized carbons (Fsp3) is 0.300. The first-order valence-corrected chi connectivity index (χ1v) is 8.87. The fourth-order valence-electron chi connectivity index (χ4n) is 2.64. The summed E-state index contributed by atoms with van der Waals surface area (Å²) in [7, 11) is 0. The highest BCUT2D eigenvalue weighted by molar-refractivity contribution is 5.99. The van der Waals surface area contributed by atoms with E-state index in [9.17, 15) is 19.7 Å². The lowest BCUT2D eigenvalue weighted by molar-refractivity contribution is -0.385. The van der Waals surface area contributed by atoms with Crippen molar-refractivity contribution >= 4 is 23.3 Å². The Bertz CT molecular complexity index is 853. The van der Waals surface area contributed by atoms with Crippen LogP contribution in [0.5, 0.6) is 5.75 Å². The Morgan fingerprint density at radius 1 is 1.14 bits per heavy atom. The maximum Gasteiger partial charge on any atom is 0.339 e. The molecule has 0 saturated heterocycles. The van der Waals surface area contributed by atoms with Gasteiger partial charge in [0.15, 0.2) is 11.9 Å². The molecule has 148 valence electrons. The van der Waals surface area contributed by atoms with Crippen LogP contribution < -0.4 is 9.64 Å². The van der Waals surface area contributed by atoms with Crippen LogP contribution in [0.2, 0.25) is 0 Å². The average molecular weight is 386 g/mol. The van der Waals surface area contributed by atoms with Gasteiger partial charge in [-0.2, -0.15) is 0 Å². The highest BCUT2D eigenvalue weighted by atomic mass is 16.6. The van der Waals surface area contributed by atoms with E-state index in [1.165, 1.54) is 24.0 Å². The molecule has 0 spiro atoms. The van der Waals surface area contributed by atoms with Crippen LogP contribution in [0.15, 0.2) is 48.5 Å². The predicted octanol–water partition coefficient (Wildman–Crippen LogP) is 3.59. The van der Waals surface area contributed by atoms with Gasteiger partial charge < -0.3 is 14.4 Å². The van der Waals surface area contributed by atoms with Gasteiger partial charge in [0.1, 0.15) is 0 Å². The van der Waals surface area contributed by atoms with Crippen LogP contribution in [-0.2, 0) is 9.53 Å². The van der Waals surface area contributed by atoms with Gasteiger partial charge in [-0.05, 0) is 45.0 Å². The summed E-state index contributed by atoms with van der Waals surface area (Å²) in [5.41, 5.74) is 0.321. The number of carbonyl (C=O) groups excluding carboxylic acids is 2. The highest BCUT2D eigenvalue weighted by Crippen LogP contribution is 2.28. The normalized spacial score (nSPS) is 11.4. The molecule has 0 radical (unpaired) electrons. The largest absolute Gasteiger partial charge is 0.487 e. The van der Waals surface area contributed by atoms with E-state index < -0.39 is 17.0 Å². The molecule has 0 aliphatic carbocycles. The molecule has 0 heterocycles. The number of ether oxygens (including phenoxy) is 2. The zero-order valence-electron chi connectivity index (χ0n) is 16.0. The molecule has 2 aromatic carbocycles. The zero-order chi connectivity index (χ0) is 20.7. The molecule has 2 aromatic rings. The summed E-state index contributed by atoms with van der Waals surface area (Å²) >= 11 is 0. The number of rotatable bonds is 8. The van der Waals surface area contributed by atoms with Crippen molar-refractivity contribution in [3.8, 4) is 5.75 Å². The Hall–Kier alpha value is -3.42. The Balaban J connectivity index is 2.16. The molecular formula is C20H22N2O6. The molecule has 8 nitrogen and oxygen atoms in total. The molecule has 0 fully saturated rings. The van der Waals surface area contributed by atoms with Gasteiger partial charge in [-0.25, -0.2) is 4.79 Å². The van der Waals surface area contributed by atoms with Crippen LogP contribution in [-0.4, -0.2) is 36.1 Å². The smallest absolute Gasteiger partial charge is 0.339 e. The number of nitrogens with zero attached hydrogens (tertiary/aromatic N) is 2. The van der Waals surface area contributed by atoms with Gasteiger partial charge in [-0.15, -0.1) is 0 Å². The molecule has 28 heavy (non-hydrogen) atoms. The number of nitro benzene ring substituents is 1. The molecular weight excluding hydrogens is 364 g/mol. The molecule has 0 aromatic heterocycles. The number of likely N-dealkylation sites (N-methyl/N-ethyl adjacent to an activating group) is 1. The predicted molar refractivity (Wildman–Crippen MR) is 104 cm³/mol. The minimum Gasteiger partial charge on any atom is -0.487 e. The van der Waals surface area contributed by atoms with Gasteiger partial charge in [-0.1, -0.05) is 18.2 Å². The van der Waals surface area contributed by atoms with E-state index in [0.29, 0.717) is 12.2 Å². The summed E-state index contributed by atoms with van der Waals surface area (Å²) in [5.74, 6) is -1.15. The molecule has 1 atom stereocenters. The highest BCUT2D eigenvalue weighted by Gasteiger charge is 2.26. The second-order valence-electron chi connectivity index (χ2n) is 5.84. The maximum absolute atomic E-state index is 12.7. The standard InChI is InChI=1S/C20H22N2O6/c1-4-21(16-9-7-6-8-10-16)19(23)14(3)28-20(24)15-11-12-18(27-5-2)17(13-15)22(25)26/h6-14H,4-5H2,1-3H3/t14-/m0/s1. The number of anilines is 1. The molecule has 0 N–H and O–H groups in total.